The first kappa shape index (κ1) is 16.9. The van der Waals surface area contributed by atoms with E-state index in [2.05, 4.69) is 0 Å². The third-order valence-electron chi connectivity index (χ3n) is 2.79. The van der Waals surface area contributed by atoms with Crippen LogP contribution in [0.15, 0.2) is 23.1 Å². The van der Waals surface area contributed by atoms with Crippen molar-refractivity contribution in [2.45, 2.75) is 24.7 Å². The van der Waals surface area contributed by atoms with Gasteiger partial charge in [-0.1, -0.05) is 24.9 Å². The van der Waals surface area contributed by atoms with Crippen molar-refractivity contribution in [3.63, 3.8) is 0 Å². The van der Waals surface area contributed by atoms with Gasteiger partial charge in [-0.15, -0.1) is 0 Å². The summed E-state index contributed by atoms with van der Waals surface area (Å²) < 4.78 is 26.3. The number of nitrogens with zero attached hydrogens (tertiary/aromatic N) is 2. The van der Waals surface area contributed by atoms with Crippen LogP contribution in [0.25, 0.3) is 0 Å². The molecule has 5 nitrogen and oxygen atoms in total. The summed E-state index contributed by atoms with van der Waals surface area (Å²) in [5, 5.41) is 18.4. The zero-order chi connectivity index (χ0) is 15.2. The van der Waals surface area contributed by atoms with Crippen LogP contribution in [0.4, 0.5) is 0 Å². The number of halogens is 1. The zero-order valence-electron chi connectivity index (χ0n) is 11.2. The Balaban J connectivity index is 3.22. The molecule has 0 heterocycles. The molecular formula is C13H17ClN2O3S. The molecule has 1 rings (SSSR count). The molecule has 0 fully saturated rings. The Kier molecular flexibility index (Phi) is 6.43. The van der Waals surface area contributed by atoms with Gasteiger partial charge in [0.1, 0.15) is 11.0 Å². The zero-order valence-corrected chi connectivity index (χ0v) is 12.8. The number of sulfonamides is 1. The maximum atomic E-state index is 12.5. The molecule has 0 aliphatic heterocycles. The first-order chi connectivity index (χ1) is 9.47. The number of rotatable bonds is 7. The summed E-state index contributed by atoms with van der Waals surface area (Å²) >= 11 is 5.77. The molecule has 0 spiro atoms. The fourth-order valence-electron chi connectivity index (χ4n) is 1.75. The molecule has 0 saturated heterocycles. The maximum absolute atomic E-state index is 12.5. The van der Waals surface area contributed by atoms with E-state index in [1.165, 1.54) is 22.5 Å². The van der Waals surface area contributed by atoms with E-state index in [-0.39, 0.29) is 23.6 Å². The topological polar surface area (TPSA) is 81.4 Å². The summed E-state index contributed by atoms with van der Waals surface area (Å²) in [6.45, 7) is 2.01. The van der Waals surface area contributed by atoms with Crippen LogP contribution in [0.3, 0.4) is 0 Å². The largest absolute Gasteiger partial charge is 0.395 e. The van der Waals surface area contributed by atoms with Crippen molar-refractivity contribution in [2.75, 3.05) is 19.7 Å². The fraction of sp³-hybridized carbons (Fsp3) is 0.462. The van der Waals surface area contributed by atoms with Crippen molar-refractivity contribution in [1.29, 1.82) is 5.26 Å². The maximum Gasteiger partial charge on any atom is 0.244 e. The molecule has 0 aromatic heterocycles. The summed E-state index contributed by atoms with van der Waals surface area (Å²) in [5.74, 6) is 0. The molecular weight excluding hydrogens is 300 g/mol. The van der Waals surface area contributed by atoms with Gasteiger partial charge >= 0.3 is 0 Å². The summed E-state index contributed by atoms with van der Waals surface area (Å²) in [6.07, 6.45) is 1.53. The lowest BCUT2D eigenvalue weighted by molar-refractivity contribution is 0.252. The average molecular weight is 317 g/mol. The number of hydrogen-bond donors (Lipinski definition) is 1. The lowest BCUT2D eigenvalue weighted by Gasteiger charge is -2.21. The van der Waals surface area contributed by atoms with Crippen molar-refractivity contribution >= 4 is 21.6 Å². The Morgan fingerprint density at radius 3 is 2.65 bits per heavy atom. The number of nitriles is 1. The highest BCUT2D eigenvalue weighted by atomic mass is 35.5. The minimum absolute atomic E-state index is 0.00975. The van der Waals surface area contributed by atoms with E-state index in [0.29, 0.717) is 18.0 Å². The molecule has 1 aromatic rings. The van der Waals surface area contributed by atoms with Gasteiger partial charge in [-0.2, -0.15) is 9.57 Å². The Morgan fingerprint density at radius 2 is 2.10 bits per heavy atom. The minimum Gasteiger partial charge on any atom is -0.395 e. The second-order valence-corrected chi connectivity index (χ2v) is 6.58. The molecule has 0 bridgehead atoms. The van der Waals surface area contributed by atoms with Gasteiger partial charge < -0.3 is 5.11 Å². The molecule has 7 heteroatoms. The van der Waals surface area contributed by atoms with Gasteiger partial charge in [0.2, 0.25) is 10.0 Å². The van der Waals surface area contributed by atoms with E-state index in [9.17, 15) is 8.42 Å². The molecule has 20 heavy (non-hydrogen) atoms. The SMILES string of the molecule is CCCCN(CCO)S(=O)(=O)c1ccc(Cl)cc1C#N. The van der Waals surface area contributed by atoms with Crippen molar-refractivity contribution in [2.24, 2.45) is 0 Å². The first-order valence-electron chi connectivity index (χ1n) is 6.28. The number of aliphatic hydroxyl groups is 1. The standard InChI is InChI=1S/C13H17ClN2O3S/c1-2-3-6-16(7-8-17)20(18,19)13-5-4-12(14)9-11(13)10-15/h4-5,9,17H,2-3,6-8H2,1H3. The van der Waals surface area contributed by atoms with Crippen LogP contribution >= 0.6 is 11.6 Å². The van der Waals surface area contributed by atoms with E-state index in [1.807, 2.05) is 13.0 Å². The van der Waals surface area contributed by atoms with Crippen LogP contribution in [0, 0.1) is 11.3 Å². The van der Waals surface area contributed by atoms with Gasteiger partial charge in [-0.3, -0.25) is 0 Å². The smallest absolute Gasteiger partial charge is 0.244 e. The van der Waals surface area contributed by atoms with E-state index in [0.717, 1.165) is 6.42 Å². The minimum atomic E-state index is -3.80. The number of hydrogen-bond acceptors (Lipinski definition) is 4. The third-order valence-corrected chi connectivity index (χ3v) is 4.98. The Bertz CT molecular complexity index is 596. The van der Waals surface area contributed by atoms with Gasteiger partial charge in [0.05, 0.1) is 12.2 Å². The Morgan fingerprint density at radius 1 is 1.40 bits per heavy atom. The van der Waals surface area contributed by atoms with E-state index in [1.54, 1.807) is 0 Å². The predicted octanol–water partition coefficient (Wildman–Crippen LogP) is 1.99. The van der Waals surface area contributed by atoms with Gasteiger partial charge in [0, 0.05) is 18.1 Å². The van der Waals surface area contributed by atoms with E-state index < -0.39 is 10.0 Å². The molecule has 1 aromatic carbocycles. The van der Waals surface area contributed by atoms with Crippen LogP contribution in [-0.4, -0.2) is 37.5 Å². The second kappa shape index (κ2) is 7.60. The Hall–Kier alpha value is -1.13. The van der Waals surface area contributed by atoms with Crippen LogP contribution < -0.4 is 0 Å². The van der Waals surface area contributed by atoms with Crippen LogP contribution in [0.5, 0.6) is 0 Å². The van der Waals surface area contributed by atoms with Crippen LogP contribution in [0.2, 0.25) is 5.02 Å². The molecule has 0 aliphatic rings. The average Bonchev–Trinajstić information content (AvgIpc) is 2.42. The summed E-state index contributed by atoms with van der Waals surface area (Å²) in [7, 11) is -3.80. The molecule has 0 saturated carbocycles. The molecule has 110 valence electrons. The highest BCUT2D eigenvalue weighted by molar-refractivity contribution is 7.89. The third kappa shape index (κ3) is 3.93. The van der Waals surface area contributed by atoms with Gasteiger partial charge in [-0.25, -0.2) is 8.42 Å². The summed E-state index contributed by atoms with van der Waals surface area (Å²) in [6, 6.07) is 5.93. The predicted molar refractivity (Wildman–Crippen MR) is 76.9 cm³/mol. The quantitative estimate of drug-likeness (QED) is 0.834. The van der Waals surface area contributed by atoms with Crippen molar-refractivity contribution < 1.29 is 13.5 Å². The number of unbranched alkanes of at least 4 members (excludes halogenated alkanes) is 1. The number of aliphatic hydroxyl groups excluding tert-OH is 1. The molecule has 0 amide bonds. The first-order valence-corrected chi connectivity index (χ1v) is 8.09. The fourth-order valence-corrected chi connectivity index (χ4v) is 3.52. The lowest BCUT2D eigenvalue weighted by Crippen LogP contribution is -2.34. The summed E-state index contributed by atoms with van der Waals surface area (Å²) in [5.41, 5.74) is 0.0111. The molecule has 0 radical (unpaired) electrons. The molecule has 0 atom stereocenters. The number of benzene rings is 1. The highest BCUT2D eigenvalue weighted by Gasteiger charge is 2.26. The van der Waals surface area contributed by atoms with Crippen molar-refractivity contribution in [1.82, 2.24) is 4.31 Å². The van der Waals surface area contributed by atoms with Gasteiger partial charge in [0.25, 0.3) is 0 Å². The molecule has 1 N–H and O–H groups in total. The van der Waals surface area contributed by atoms with Gasteiger partial charge in [-0.05, 0) is 24.6 Å². The van der Waals surface area contributed by atoms with E-state index >= 15 is 0 Å². The molecule has 0 unspecified atom stereocenters. The van der Waals surface area contributed by atoms with E-state index in [4.69, 9.17) is 22.0 Å². The van der Waals surface area contributed by atoms with Crippen LogP contribution in [0.1, 0.15) is 25.3 Å². The monoisotopic (exact) mass is 316 g/mol. The van der Waals surface area contributed by atoms with Gasteiger partial charge in [0.15, 0.2) is 0 Å². The molecule has 0 aliphatic carbocycles. The summed E-state index contributed by atoms with van der Waals surface area (Å²) in [4.78, 5) is -0.0750. The van der Waals surface area contributed by atoms with Crippen molar-refractivity contribution in [3.05, 3.63) is 28.8 Å². The van der Waals surface area contributed by atoms with Crippen LogP contribution in [-0.2, 0) is 10.0 Å². The Labute approximate surface area is 124 Å². The highest BCUT2D eigenvalue weighted by Crippen LogP contribution is 2.23. The second-order valence-electron chi connectivity index (χ2n) is 4.23. The normalized spacial score (nSPS) is 11.6. The lowest BCUT2D eigenvalue weighted by atomic mass is 10.2. The van der Waals surface area contributed by atoms with Crippen molar-refractivity contribution in [3.8, 4) is 6.07 Å².